The highest BCUT2D eigenvalue weighted by molar-refractivity contribution is 5.92. The molecule has 3 rings (SSSR count). The summed E-state index contributed by atoms with van der Waals surface area (Å²) in [5, 5.41) is 0. The fourth-order valence-corrected chi connectivity index (χ4v) is 1.69. The van der Waals surface area contributed by atoms with Crippen LogP contribution in [0.15, 0.2) is 53.2 Å². The van der Waals surface area contributed by atoms with Gasteiger partial charge in [0.05, 0.1) is 0 Å². The van der Waals surface area contributed by atoms with Crippen LogP contribution in [-0.4, -0.2) is 10.9 Å². The number of primary amides is 1. The second-order valence-corrected chi connectivity index (χ2v) is 3.82. The molecule has 1 aromatic carbocycles. The van der Waals surface area contributed by atoms with Gasteiger partial charge in [0, 0.05) is 10.5 Å². The van der Waals surface area contributed by atoms with E-state index in [1.807, 2.05) is 24.3 Å². The van der Waals surface area contributed by atoms with Gasteiger partial charge in [-0.15, -0.1) is 0 Å². The Hall–Kier alpha value is -2.40. The van der Waals surface area contributed by atoms with E-state index >= 15 is 0 Å². The number of amides is 1. The van der Waals surface area contributed by atoms with E-state index in [2.05, 4.69) is 4.98 Å². The van der Waals surface area contributed by atoms with E-state index in [9.17, 15) is 4.79 Å². The van der Waals surface area contributed by atoms with E-state index in [0.29, 0.717) is 11.6 Å². The summed E-state index contributed by atoms with van der Waals surface area (Å²) in [6.45, 7) is 0. The molecule has 0 unspecified atom stereocenters. The first-order valence-corrected chi connectivity index (χ1v) is 5.41. The van der Waals surface area contributed by atoms with Crippen molar-refractivity contribution < 1.29 is 26.2 Å². The quantitative estimate of drug-likeness (QED) is 0.561. The van der Waals surface area contributed by atoms with Crippen molar-refractivity contribution in [2.75, 3.05) is 0 Å². The molecule has 0 aliphatic carbocycles. The van der Waals surface area contributed by atoms with Crippen molar-refractivity contribution in [2.45, 2.75) is 0 Å². The first-order chi connectivity index (χ1) is 8.74. The number of nitrogens with zero attached hydrogens (tertiary/aromatic N) is 2. The number of para-hydroxylation sites is 2. The van der Waals surface area contributed by atoms with Crippen LogP contribution in [0.1, 0.15) is 10.4 Å². The molecule has 1 amide bonds. The molecule has 0 saturated heterocycles. The van der Waals surface area contributed by atoms with Gasteiger partial charge in [0.1, 0.15) is 12.4 Å². The zero-order chi connectivity index (χ0) is 12.5. The summed E-state index contributed by atoms with van der Waals surface area (Å²) in [7, 11) is 0. The van der Waals surface area contributed by atoms with Crippen molar-refractivity contribution in [1.82, 2.24) is 4.98 Å². The lowest BCUT2D eigenvalue weighted by atomic mass is 10.2. The molecular weight excluding hydrogens is 266 g/mol. The van der Waals surface area contributed by atoms with Crippen LogP contribution >= 0.6 is 0 Å². The van der Waals surface area contributed by atoms with E-state index in [1.54, 1.807) is 29.1 Å². The summed E-state index contributed by atoms with van der Waals surface area (Å²) >= 11 is 0. The van der Waals surface area contributed by atoms with E-state index in [1.165, 1.54) is 0 Å². The topological polar surface area (TPSA) is 73.0 Å². The molecule has 2 heterocycles. The first kappa shape index (κ1) is 13.0. The molecule has 96 valence electrons. The molecule has 3 aromatic rings. The maximum atomic E-state index is 11.0. The average Bonchev–Trinajstić information content (AvgIpc) is 2.82. The van der Waals surface area contributed by atoms with Crippen molar-refractivity contribution in [1.29, 1.82) is 0 Å². The van der Waals surface area contributed by atoms with E-state index in [-0.39, 0.29) is 12.4 Å². The van der Waals surface area contributed by atoms with Gasteiger partial charge >= 0.3 is 6.01 Å². The van der Waals surface area contributed by atoms with Crippen molar-refractivity contribution in [2.24, 2.45) is 5.73 Å². The van der Waals surface area contributed by atoms with Crippen LogP contribution in [0.25, 0.3) is 17.1 Å². The van der Waals surface area contributed by atoms with Gasteiger partial charge in [-0.2, -0.15) is 4.57 Å². The predicted molar refractivity (Wildman–Crippen MR) is 64.1 cm³/mol. The van der Waals surface area contributed by atoms with Crippen LogP contribution < -0.4 is 22.7 Å². The van der Waals surface area contributed by atoms with Crippen LogP contribution in [0.5, 0.6) is 0 Å². The van der Waals surface area contributed by atoms with Gasteiger partial charge in [0.2, 0.25) is 11.4 Å². The molecule has 19 heavy (non-hydrogen) atoms. The second-order valence-electron chi connectivity index (χ2n) is 3.82. The minimum atomic E-state index is -0.459. The Morgan fingerprint density at radius 3 is 2.47 bits per heavy atom. The largest absolute Gasteiger partial charge is 1.00 e. The number of halogens is 1. The Bertz CT molecular complexity index is 689. The fourth-order valence-electron chi connectivity index (χ4n) is 1.69. The summed E-state index contributed by atoms with van der Waals surface area (Å²) in [5.41, 5.74) is 7.14. The molecule has 0 aliphatic heterocycles. The fraction of sp³-hybridized carbons (Fsp3) is 0. The molecule has 0 fully saturated rings. The molecule has 0 saturated carbocycles. The molecule has 0 aliphatic rings. The molecule has 0 atom stereocenters. The Morgan fingerprint density at radius 1 is 1.16 bits per heavy atom. The standard InChI is InChI=1S/C13H9N3O2.ClH/c14-12(17)9-5-7-16(8-6-9)13-15-10-3-1-2-4-11(10)18-13;/h1-8H,(H-,14,17);1H. The molecule has 0 radical (unpaired) electrons. The monoisotopic (exact) mass is 275 g/mol. The van der Waals surface area contributed by atoms with E-state index in [4.69, 9.17) is 10.2 Å². The Balaban J connectivity index is 0.00000133. The van der Waals surface area contributed by atoms with Gasteiger partial charge in [0.25, 0.3) is 0 Å². The predicted octanol–water partition coefficient (Wildman–Crippen LogP) is -1.79. The van der Waals surface area contributed by atoms with Crippen molar-refractivity contribution in [3.63, 3.8) is 0 Å². The normalized spacial score (nSPS) is 10.1. The highest BCUT2D eigenvalue weighted by Crippen LogP contribution is 2.14. The highest BCUT2D eigenvalue weighted by Gasteiger charge is 2.16. The minimum Gasteiger partial charge on any atom is -1.00 e. The van der Waals surface area contributed by atoms with E-state index in [0.717, 1.165) is 11.1 Å². The second kappa shape index (κ2) is 5.07. The lowest BCUT2D eigenvalue weighted by molar-refractivity contribution is -0.612. The number of nitrogens with two attached hydrogens (primary N) is 1. The smallest absolute Gasteiger partial charge is 0.509 e. The zero-order valence-electron chi connectivity index (χ0n) is 9.79. The molecule has 0 spiro atoms. The summed E-state index contributed by atoms with van der Waals surface area (Å²) < 4.78 is 7.28. The number of rotatable bonds is 2. The summed E-state index contributed by atoms with van der Waals surface area (Å²) in [4.78, 5) is 15.3. The highest BCUT2D eigenvalue weighted by atomic mass is 35.5. The molecular formula is C13H10ClN3O2. The maximum Gasteiger partial charge on any atom is 0.509 e. The number of fused-ring (bicyclic) bond motifs is 1. The molecule has 6 heteroatoms. The van der Waals surface area contributed by atoms with Crippen LogP contribution in [0.2, 0.25) is 0 Å². The Morgan fingerprint density at radius 2 is 1.84 bits per heavy atom. The van der Waals surface area contributed by atoms with Crippen LogP contribution in [0.3, 0.4) is 0 Å². The number of hydrogen-bond acceptors (Lipinski definition) is 3. The van der Waals surface area contributed by atoms with Crippen molar-refractivity contribution >= 4 is 17.0 Å². The SMILES string of the molecule is NC(=O)c1cc[n+](-c2nc3ccccc3o2)cc1.[Cl-]. The van der Waals surface area contributed by atoms with Gasteiger partial charge in [-0.05, 0) is 24.3 Å². The maximum absolute atomic E-state index is 11.0. The van der Waals surface area contributed by atoms with Gasteiger partial charge in [-0.3, -0.25) is 4.79 Å². The minimum absolute atomic E-state index is 0. The average molecular weight is 276 g/mol. The molecule has 5 nitrogen and oxygen atoms in total. The lowest BCUT2D eigenvalue weighted by Crippen LogP contribution is -3.00. The number of benzene rings is 1. The molecule has 2 N–H and O–H groups in total. The number of pyridine rings is 1. The summed E-state index contributed by atoms with van der Waals surface area (Å²) in [6, 6.07) is 11.2. The van der Waals surface area contributed by atoms with Crippen LogP contribution in [0.4, 0.5) is 0 Å². The number of oxazole rings is 1. The zero-order valence-corrected chi connectivity index (χ0v) is 10.5. The van der Waals surface area contributed by atoms with Crippen molar-refractivity contribution in [3.8, 4) is 6.01 Å². The number of aromatic nitrogens is 2. The number of carbonyl (C=O) groups excluding carboxylic acids is 1. The van der Waals surface area contributed by atoms with Gasteiger partial charge in [-0.1, -0.05) is 12.1 Å². The Labute approximate surface area is 115 Å². The third-order valence-electron chi connectivity index (χ3n) is 2.62. The summed E-state index contributed by atoms with van der Waals surface area (Å²) in [6.07, 6.45) is 3.37. The van der Waals surface area contributed by atoms with Gasteiger partial charge in [0.15, 0.2) is 5.58 Å². The van der Waals surface area contributed by atoms with Gasteiger partial charge in [-0.25, -0.2) is 0 Å². The van der Waals surface area contributed by atoms with Gasteiger partial charge < -0.3 is 22.6 Å². The molecule has 0 bridgehead atoms. The van der Waals surface area contributed by atoms with Crippen LogP contribution in [-0.2, 0) is 0 Å². The third kappa shape index (κ3) is 2.41. The number of carbonyl (C=O) groups is 1. The lowest BCUT2D eigenvalue weighted by Gasteiger charge is -1.94. The molecule has 2 aromatic heterocycles. The van der Waals surface area contributed by atoms with Crippen LogP contribution in [0, 0.1) is 0 Å². The van der Waals surface area contributed by atoms with Crippen molar-refractivity contribution in [3.05, 3.63) is 54.4 Å². The Kier molecular flexibility index (Phi) is 3.48. The summed E-state index contributed by atoms with van der Waals surface area (Å²) in [5.74, 6) is -0.459. The third-order valence-corrected chi connectivity index (χ3v) is 2.62. The first-order valence-electron chi connectivity index (χ1n) is 5.41. The van der Waals surface area contributed by atoms with E-state index < -0.39 is 5.91 Å². The number of hydrogen-bond donors (Lipinski definition) is 1.